The lowest BCUT2D eigenvalue weighted by Gasteiger charge is -2.35. The van der Waals surface area contributed by atoms with E-state index in [2.05, 4.69) is 16.0 Å². The first-order chi connectivity index (χ1) is 11.9. The molecule has 0 saturated carbocycles. The topological polar surface area (TPSA) is 122 Å². The number of nitro benzene ring substituents is 2. The van der Waals surface area contributed by atoms with Crippen LogP contribution in [-0.4, -0.2) is 15.0 Å². The van der Waals surface area contributed by atoms with Crippen molar-refractivity contribution in [1.82, 2.24) is 16.0 Å². The van der Waals surface area contributed by atoms with Crippen LogP contribution in [0.15, 0.2) is 48.5 Å². The molecule has 0 radical (unpaired) electrons. The third kappa shape index (κ3) is 3.70. The Morgan fingerprint density at radius 1 is 0.760 bits per heavy atom. The van der Waals surface area contributed by atoms with Gasteiger partial charge in [0.1, 0.15) is 12.3 Å². The fourth-order valence-corrected chi connectivity index (χ4v) is 2.73. The van der Waals surface area contributed by atoms with E-state index in [0.717, 1.165) is 11.1 Å². The van der Waals surface area contributed by atoms with E-state index >= 15 is 0 Å². The molecular formula is C15H13N5O4S. The fraction of sp³-hybridized carbons (Fsp3) is 0.133. The van der Waals surface area contributed by atoms with Crippen molar-refractivity contribution in [2.75, 3.05) is 0 Å². The number of hydrogen-bond donors (Lipinski definition) is 3. The van der Waals surface area contributed by atoms with Crippen molar-refractivity contribution in [3.05, 3.63) is 79.9 Å². The maximum atomic E-state index is 10.7. The molecule has 1 aliphatic heterocycles. The van der Waals surface area contributed by atoms with Crippen molar-refractivity contribution in [1.29, 1.82) is 0 Å². The summed E-state index contributed by atoms with van der Waals surface area (Å²) in [6, 6.07) is 12.3. The van der Waals surface area contributed by atoms with Gasteiger partial charge in [0, 0.05) is 24.3 Å². The highest BCUT2D eigenvalue weighted by Crippen LogP contribution is 2.23. The van der Waals surface area contributed by atoms with Crippen LogP contribution >= 0.6 is 12.2 Å². The van der Waals surface area contributed by atoms with Crippen molar-refractivity contribution in [3.63, 3.8) is 0 Å². The molecule has 1 fully saturated rings. The van der Waals surface area contributed by atoms with Crippen LogP contribution in [0, 0.1) is 20.2 Å². The van der Waals surface area contributed by atoms with Gasteiger partial charge in [-0.3, -0.25) is 25.5 Å². The zero-order valence-electron chi connectivity index (χ0n) is 12.7. The highest BCUT2D eigenvalue weighted by Gasteiger charge is 2.25. The molecule has 128 valence electrons. The molecule has 0 bridgehead atoms. The molecule has 0 aromatic heterocycles. The van der Waals surface area contributed by atoms with E-state index in [0.29, 0.717) is 5.11 Å². The first kappa shape index (κ1) is 16.7. The molecule has 1 heterocycles. The molecule has 9 nitrogen and oxygen atoms in total. The largest absolute Gasteiger partial charge is 0.343 e. The zero-order chi connectivity index (χ0) is 18.0. The molecule has 2 unspecified atom stereocenters. The zero-order valence-corrected chi connectivity index (χ0v) is 13.5. The Bertz CT molecular complexity index is 757. The molecule has 2 atom stereocenters. The molecule has 3 rings (SSSR count). The maximum Gasteiger partial charge on any atom is 0.269 e. The Morgan fingerprint density at radius 3 is 1.44 bits per heavy atom. The van der Waals surface area contributed by atoms with E-state index in [4.69, 9.17) is 12.2 Å². The van der Waals surface area contributed by atoms with E-state index in [1.165, 1.54) is 24.3 Å². The Labute approximate surface area is 147 Å². The Hall–Kier alpha value is -3.11. The normalized spacial score (nSPS) is 19.6. The summed E-state index contributed by atoms with van der Waals surface area (Å²) >= 11 is 5.22. The number of benzene rings is 2. The van der Waals surface area contributed by atoms with Crippen LogP contribution in [0.25, 0.3) is 0 Å². The Balaban J connectivity index is 1.80. The number of hydrogen-bond acceptors (Lipinski definition) is 6. The molecule has 2 aromatic rings. The number of nitrogens with zero attached hydrogens (tertiary/aromatic N) is 2. The number of non-ortho nitro benzene ring substituents is 2. The van der Waals surface area contributed by atoms with E-state index in [9.17, 15) is 20.2 Å². The first-order valence-corrected chi connectivity index (χ1v) is 7.66. The van der Waals surface area contributed by atoms with Crippen LogP contribution in [0.1, 0.15) is 23.5 Å². The van der Waals surface area contributed by atoms with Gasteiger partial charge in [-0.1, -0.05) is 0 Å². The quantitative estimate of drug-likeness (QED) is 0.432. The third-order valence-electron chi connectivity index (χ3n) is 3.76. The molecule has 25 heavy (non-hydrogen) atoms. The number of thiocarbonyl (C=S) groups is 1. The highest BCUT2D eigenvalue weighted by atomic mass is 32.1. The average molecular weight is 359 g/mol. The lowest BCUT2D eigenvalue weighted by Crippen LogP contribution is -2.55. The van der Waals surface area contributed by atoms with E-state index in [1.54, 1.807) is 24.3 Å². The van der Waals surface area contributed by atoms with Crippen LogP contribution in [0.2, 0.25) is 0 Å². The number of rotatable bonds is 4. The highest BCUT2D eigenvalue weighted by molar-refractivity contribution is 7.80. The van der Waals surface area contributed by atoms with Gasteiger partial charge >= 0.3 is 0 Å². The van der Waals surface area contributed by atoms with Crippen LogP contribution in [0.3, 0.4) is 0 Å². The van der Waals surface area contributed by atoms with Crippen LogP contribution < -0.4 is 16.0 Å². The van der Waals surface area contributed by atoms with Gasteiger partial charge in [-0.05, 0) is 47.6 Å². The SMILES string of the molecule is O=[N+]([O-])c1ccc(C2NC(=S)NC(c3ccc([N+](=O)[O-])cc3)N2)cc1. The van der Waals surface area contributed by atoms with Crippen molar-refractivity contribution in [2.45, 2.75) is 12.3 Å². The molecule has 2 aromatic carbocycles. The Morgan fingerprint density at radius 2 is 1.12 bits per heavy atom. The van der Waals surface area contributed by atoms with E-state index < -0.39 is 9.85 Å². The number of nitro groups is 2. The smallest absolute Gasteiger partial charge is 0.269 e. The van der Waals surface area contributed by atoms with Crippen LogP contribution in [0.4, 0.5) is 11.4 Å². The average Bonchev–Trinajstić information content (AvgIpc) is 2.61. The van der Waals surface area contributed by atoms with Crippen molar-refractivity contribution >= 4 is 28.7 Å². The van der Waals surface area contributed by atoms with Crippen molar-refractivity contribution < 1.29 is 9.85 Å². The van der Waals surface area contributed by atoms with Gasteiger partial charge in [0.15, 0.2) is 5.11 Å². The molecule has 3 N–H and O–H groups in total. The maximum absolute atomic E-state index is 10.7. The second-order valence-electron chi connectivity index (χ2n) is 5.35. The Kier molecular flexibility index (Phi) is 4.55. The molecule has 1 saturated heterocycles. The molecule has 1 aliphatic rings. The summed E-state index contributed by atoms with van der Waals surface area (Å²) < 4.78 is 0. The summed E-state index contributed by atoms with van der Waals surface area (Å²) in [5.74, 6) is 0. The van der Waals surface area contributed by atoms with Gasteiger partial charge in [0.25, 0.3) is 11.4 Å². The monoisotopic (exact) mass is 359 g/mol. The minimum Gasteiger partial charge on any atom is -0.343 e. The number of nitrogens with one attached hydrogen (secondary N) is 3. The van der Waals surface area contributed by atoms with Crippen molar-refractivity contribution in [2.24, 2.45) is 0 Å². The van der Waals surface area contributed by atoms with Gasteiger partial charge in [-0.2, -0.15) is 0 Å². The summed E-state index contributed by atoms with van der Waals surface area (Å²) in [6.07, 6.45) is -0.704. The standard InChI is InChI=1S/C15H13N5O4S/c21-19(22)11-5-1-9(2-6-11)13-16-14(18-15(25)17-13)10-3-7-12(8-4-10)20(23)24/h1-8,13-14,16H,(H2,17,18,25). The van der Waals surface area contributed by atoms with E-state index in [1.807, 2.05) is 0 Å². The lowest BCUT2D eigenvalue weighted by atomic mass is 10.1. The fourth-order valence-electron chi connectivity index (χ4n) is 2.49. The lowest BCUT2D eigenvalue weighted by molar-refractivity contribution is -0.385. The van der Waals surface area contributed by atoms with Gasteiger partial charge in [0.2, 0.25) is 0 Å². The molecule has 0 amide bonds. The van der Waals surface area contributed by atoms with Gasteiger partial charge < -0.3 is 10.6 Å². The molecular weight excluding hydrogens is 346 g/mol. The van der Waals surface area contributed by atoms with Crippen LogP contribution in [0.5, 0.6) is 0 Å². The minimum atomic E-state index is -0.461. The van der Waals surface area contributed by atoms with Crippen LogP contribution in [-0.2, 0) is 0 Å². The first-order valence-electron chi connectivity index (χ1n) is 7.26. The summed E-state index contributed by atoms with van der Waals surface area (Å²) in [6.45, 7) is 0. The summed E-state index contributed by atoms with van der Waals surface area (Å²) in [5, 5.41) is 31.3. The van der Waals surface area contributed by atoms with Gasteiger partial charge in [-0.25, -0.2) is 0 Å². The predicted octanol–water partition coefficient (Wildman–Crippen LogP) is 2.27. The molecule has 10 heteroatoms. The summed E-state index contributed by atoms with van der Waals surface area (Å²) in [4.78, 5) is 20.6. The van der Waals surface area contributed by atoms with Gasteiger partial charge in [0.05, 0.1) is 9.85 Å². The second kappa shape index (κ2) is 6.79. The molecule has 0 aliphatic carbocycles. The predicted molar refractivity (Wildman–Crippen MR) is 93.7 cm³/mol. The third-order valence-corrected chi connectivity index (χ3v) is 3.99. The minimum absolute atomic E-state index is 0.00665. The second-order valence-corrected chi connectivity index (χ2v) is 5.76. The van der Waals surface area contributed by atoms with Gasteiger partial charge in [-0.15, -0.1) is 0 Å². The summed E-state index contributed by atoms with van der Waals surface area (Å²) in [7, 11) is 0. The van der Waals surface area contributed by atoms with E-state index in [-0.39, 0.29) is 23.7 Å². The summed E-state index contributed by atoms with van der Waals surface area (Å²) in [5.41, 5.74) is 1.57. The van der Waals surface area contributed by atoms with Crippen molar-refractivity contribution in [3.8, 4) is 0 Å². The molecule has 0 spiro atoms.